The van der Waals surface area contributed by atoms with Crippen LogP contribution < -0.4 is 15.2 Å². The average Bonchev–Trinajstić information content (AvgIpc) is 2.42. The van der Waals surface area contributed by atoms with Crippen LogP contribution in [0.3, 0.4) is 0 Å². The Labute approximate surface area is 116 Å². The molecule has 0 heterocycles. The molecule has 3 unspecified atom stereocenters. The van der Waals surface area contributed by atoms with Crippen molar-refractivity contribution in [2.75, 3.05) is 14.2 Å². The van der Waals surface area contributed by atoms with E-state index in [1.54, 1.807) is 14.2 Å². The molecule has 106 valence electrons. The van der Waals surface area contributed by atoms with Crippen molar-refractivity contribution >= 4 is 0 Å². The van der Waals surface area contributed by atoms with E-state index in [9.17, 15) is 0 Å². The van der Waals surface area contributed by atoms with Crippen LogP contribution in [0.4, 0.5) is 0 Å². The van der Waals surface area contributed by atoms with Crippen LogP contribution in [0, 0.1) is 11.8 Å². The molecule has 2 rings (SSSR count). The van der Waals surface area contributed by atoms with Crippen molar-refractivity contribution in [2.45, 2.75) is 38.6 Å². The lowest BCUT2D eigenvalue weighted by molar-refractivity contribution is 0.170. The molecule has 0 aromatic heterocycles. The molecule has 1 aliphatic rings. The summed E-state index contributed by atoms with van der Waals surface area (Å²) in [6, 6.07) is 5.88. The maximum atomic E-state index is 6.73. The minimum absolute atomic E-state index is 0.343. The third-order valence-corrected chi connectivity index (χ3v) is 4.63. The second kappa shape index (κ2) is 5.41. The first-order valence-electron chi connectivity index (χ1n) is 7.02. The lowest BCUT2D eigenvalue weighted by Crippen LogP contribution is -2.43. The van der Waals surface area contributed by atoms with E-state index in [4.69, 9.17) is 15.2 Å². The van der Waals surface area contributed by atoms with Gasteiger partial charge in [-0.3, -0.25) is 0 Å². The van der Waals surface area contributed by atoms with Gasteiger partial charge in [0, 0.05) is 5.54 Å². The lowest BCUT2D eigenvalue weighted by atomic mass is 9.68. The van der Waals surface area contributed by atoms with Crippen molar-refractivity contribution in [2.24, 2.45) is 17.6 Å². The van der Waals surface area contributed by atoms with Gasteiger partial charge in [0.15, 0.2) is 0 Å². The van der Waals surface area contributed by atoms with Crippen molar-refractivity contribution in [3.8, 4) is 11.5 Å². The van der Waals surface area contributed by atoms with E-state index in [1.165, 1.54) is 0 Å². The quantitative estimate of drug-likeness (QED) is 0.910. The van der Waals surface area contributed by atoms with Crippen LogP contribution in [0.1, 0.15) is 38.7 Å². The minimum Gasteiger partial charge on any atom is -0.496 e. The van der Waals surface area contributed by atoms with Gasteiger partial charge in [-0.1, -0.05) is 19.9 Å². The van der Waals surface area contributed by atoms with Crippen molar-refractivity contribution in [3.63, 3.8) is 0 Å². The average molecular weight is 263 g/mol. The predicted octanol–water partition coefficient (Wildman–Crippen LogP) is 3.31. The van der Waals surface area contributed by atoms with E-state index in [0.29, 0.717) is 5.92 Å². The number of nitrogens with two attached hydrogens (primary N) is 1. The fraction of sp³-hybridized carbons (Fsp3) is 0.625. The standard InChI is InChI=1S/C16H25NO2/c1-11-8-9-16(17,10-12(11)2)15-13(18-3)6-5-7-14(15)19-4/h5-7,11-12H,8-10,17H2,1-4H3. The highest BCUT2D eigenvalue weighted by Gasteiger charge is 2.39. The number of methoxy groups -OCH3 is 2. The molecule has 0 radical (unpaired) electrons. The van der Waals surface area contributed by atoms with Gasteiger partial charge in [0.1, 0.15) is 11.5 Å². The zero-order chi connectivity index (χ0) is 14.0. The maximum absolute atomic E-state index is 6.73. The first kappa shape index (κ1) is 14.2. The topological polar surface area (TPSA) is 44.5 Å². The molecule has 3 atom stereocenters. The Morgan fingerprint density at radius 3 is 2.16 bits per heavy atom. The molecular formula is C16H25NO2. The van der Waals surface area contributed by atoms with Crippen molar-refractivity contribution in [1.29, 1.82) is 0 Å². The Kier molecular flexibility index (Phi) is 4.04. The van der Waals surface area contributed by atoms with Crippen LogP contribution >= 0.6 is 0 Å². The number of hydrogen-bond donors (Lipinski definition) is 1. The molecule has 0 aliphatic heterocycles. The first-order chi connectivity index (χ1) is 9.01. The van der Waals surface area contributed by atoms with Gasteiger partial charge >= 0.3 is 0 Å². The van der Waals surface area contributed by atoms with E-state index >= 15 is 0 Å². The van der Waals surface area contributed by atoms with E-state index in [-0.39, 0.29) is 5.54 Å². The van der Waals surface area contributed by atoms with Crippen molar-refractivity contribution in [3.05, 3.63) is 23.8 Å². The molecule has 19 heavy (non-hydrogen) atoms. The summed E-state index contributed by atoms with van der Waals surface area (Å²) in [6.45, 7) is 4.59. The van der Waals surface area contributed by atoms with E-state index in [1.807, 2.05) is 18.2 Å². The van der Waals surface area contributed by atoms with Crippen molar-refractivity contribution < 1.29 is 9.47 Å². The molecular weight excluding hydrogens is 238 g/mol. The highest BCUT2D eigenvalue weighted by atomic mass is 16.5. The van der Waals surface area contributed by atoms with Crippen molar-refractivity contribution in [1.82, 2.24) is 0 Å². The van der Waals surface area contributed by atoms with Gasteiger partial charge in [0.25, 0.3) is 0 Å². The molecule has 0 amide bonds. The smallest absolute Gasteiger partial charge is 0.127 e. The Morgan fingerprint density at radius 1 is 1.11 bits per heavy atom. The normalized spacial score (nSPS) is 31.0. The first-order valence-corrected chi connectivity index (χ1v) is 7.02. The maximum Gasteiger partial charge on any atom is 0.127 e. The number of rotatable bonds is 3. The Balaban J connectivity index is 2.45. The Bertz CT molecular complexity index is 424. The predicted molar refractivity (Wildman–Crippen MR) is 77.6 cm³/mol. The number of hydrogen-bond acceptors (Lipinski definition) is 3. The third-order valence-electron chi connectivity index (χ3n) is 4.63. The molecule has 3 nitrogen and oxygen atoms in total. The Morgan fingerprint density at radius 2 is 1.68 bits per heavy atom. The summed E-state index contributed by atoms with van der Waals surface area (Å²) in [5.41, 5.74) is 7.41. The van der Waals surface area contributed by atoms with Crippen LogP contribution in [0.25, 0.3) is 0 Å². The van der Waals surface area contributed by atoms with Gasteiger partial charge in [0.05, 0.1) is 19.8 Å². The molecule has 3 heteroatoms. The van der Waals surface area contributed by atoms with Crippen LogP contribution in [0.2, 0.25) is 0 Å². The molecule has 2 N–H and O–H groups in total. The van der Waals surface area contributed by atoms with Crippen LogP contribution in [-0.2, 0) is 5.54 Å². The van der Waals surface area contributed by atoms with Crippen LogP contribution in [0.5, 0.6) is 11.5 Å². The highest BCUT2D eigenvalue weighted by Crippen LogP contribution is 2.47. The summed E-state index contributed by atoms with van der Waals surface area (Å²) >= 11 is 0. The summed E-state index contributed by atoms with van der Waals surface area (Å²) in [5.74, 6) is 3.03. The molecule has 0 bridgehead atoms. The zero-order valence-corrected chi connectivity index (χ0v) is 12.4. The summed E-state index contributed by atoms with van der Waals surface area (Å²) in [7, 11) is 3.38. The minimum atomic E-state index is -0.343. The lowest BCUT2D eigenvalue weighted by Gasteiger charge is -2.41. The van der Waals surface area contributed by atoms with E-state index in [2.05, 4.69) is 13.8 Å². The number of ether oxygens (including phenoxy) is 2. The van der Waals surface area contributed by atoms with E-state index < -0.39 is 0 Å². The fourth-order valence-corrected chi connectivity index (χ4v) is 3.22. The highest BCUT2D eigenvalue weighted by molar-refractivity contribution is 5.49. The van der Waals surface area contributed by atoms with Gasteiger partial charge < -0.3 is 15.2 Å². The second-order valence-corrected chi connectivity index (χ2v) is 5.89. The molecule has 0 spiro atoms. The summed E-state index contributed by atoms with van der Waals surface area (Å²) < 4.78 is 11.0. The summed E-state index contributed by atoms with van der Waals surface area (Å²) in [5, 5.41) is 0. The van der Waals surface area contributed by atoms with Gasteiger partial charge in [-0.25, -0.2) is 0 Å². The second-order valence-electron chi connectivity index (χ2n) is 5.89. The molecule has 1 fully saturated rings. The Hall–Kier alpha value is -1.22. The molecule has 1 saturated carbocycles. The van der Waals surface area contributed by atoms with Gasteiger partial charge in [-0.2, -0.15) is 0 Å². The summed E-state index contributed by atoms with van der Waals surface area (Å²) in [6.07, 6.45) is 3.11. The molecule has 1 aliphatic carbocycles. The third kappa shape index (κ3) is 2.57. The van der Waals surface area contributed by atoms with E-state index in [0.717, 1.165) is 42.2 Å². The summed E-state index contributed by atoms with van der Waals surface area (Å²) in [4.78, 5) is 0. The fourth-order valence-electron chi connectivity index (χ4n) is 3.22. The largest absolute Gasteiger partial charge is 0.496 e. The number of benzene rings is 1. The zero-order valence-electron chi connectivity index (χ0n) is 12.4. The van der Waals surface area contributed by atoms with Gasteiger partial charge in [0.2, 0.25) is 0 Å². The van der Waals surface area contributed by atoms with Crippen LogP contribution in [-0.4, -0.2) is 14.2 Å². The monoisotopic (exact) mass is 263 g/mol. The molecule has 1 aromatic carbocycles. The van der Waals surface area contributed by atoms with Crippen LogP contribution in [0.15, 0.2) is 18.2 Å². The molecule has 0 saturated heterocycles. The molecule has 1 aromatic rings. The van der Waals surface area contributed by atoms with Gasteiger partial charge in [-0.15, -0.1) is 0 Å². The SMILES string of the molecule is COc1cccc(OC)c1C1(N)CCC(C)C(C)C1. The van der Waals surface area contributed by atoms with Gasteiger partial charge in [-0.05, 0) is 43.2 Å².